The summed E-state index contributed by atoms with van der Waals surface area (Å²) in [6.07, 6.45) is 0.636. The highest BCUT2D eigenvalue weighted by molar-refractivity contribution is 5.60. The van der Waals surface area contributed by atoms with Crippen molar-refractivity contribution in [2.24, 2.45) is 0 Å². The minimum atomic E-state index is 0.569. The van der Waals surface area contributed by atoms with Crippen LogP contribution in [0.5, 0.6) is 0 Å². The molecule has 0 aliphatic carbocycles. The Labute approximate surface area is 117 Å². The SMILES string of the molecule is Cc1cccc(Cc2nc(-c3cccc(N)c3)no2)c1. The lowest BCUT2D eigenvalue weighted by Gasteiger charge is -1.98. The summed E-state index contributed by atoms with van der Waals surface area (Å²) in [5, 5.41) is 4.00. The fraction of sp³-hybridized carbons (Fsp3) is 0.125. The van der Waals surface area contributed by atoms with Crippen molar-refractivity contribution >= 4 is 5.69 Å². The van der Waals surface area contributed by atoms with Gasteiger partial charge in [-0.05, 0) is 24.6 Å². The predicted molar refractivity (Wildman–Crippen MR) is 78.1 cm³/mol. The summed E-state index contributed by atoms with van der Waals surface area (Å²) >= 11 is 0. The first kappa shape index (κ1) is 12.4. The van der Waals surface area contributed by atoms with Crippen molar-refractivity contribution < 1.29 is 4.52 Å². The van der Waals surface area contributed by atoms with E-state index in [0.29, 0.717) is 23.8 Å². The number of rotatable bonds is 3. The van der Waals surface area contributed by atoms with Crippen molar-refractivity contribution in [1.82, 2.24) is 10.1 Å². The highest BCUT2D eigenvalue weighted by atomic mass is 16.5. The molecule has 4 nitrogen and oxygen atoms in total. The van der Waals surface area contributed by atoms with Gasteiger partial charge in [0.2, 0.25) is 11.7 Å². The molecule has 20 heavy (non-hydrogen) atoms. The Balaban J connectivity index is 1.84. The Kier molecular flexibility index (Phi) is 3.21. The van der Waals surface area contributed by atoms with E-state index >= 15 is 0 Å². The first-order valence-electron chi connectivity index (χ1n) is 6.45. The standard InChI is InChI=1S/C16H15N3O/c1-11-4-2-5-12(8-11)9-15-18-16(19-20-15)13-6-3-7-14(17)10-13/h2-8,10H,9,17H2,1H3. The lowest BCUT2D eigenvalue weighted by molar-refractivity contribution is 0.385. The van der Waals surface area contributed by atoms with Crippen molar-refractivity contribution in [3.05, 3.63) is 65.5 Å². The van der Waals surface area contributed by atoms with Crippen molar-refractivity contribution in [3.63, 3.8) is 0 Å². The summed E-state index contributed by atoms with van der Waals surface area (Å²) in [6, 6.07) is 15.7. The van der Waals surface area contributed by atoms with Crippen LogP contribution in [0.2, 0.25) is 0 Å². The highest BCUT2D eigenvalue weighted by Crippen LogP contribution is 2.19. The van der Waals surface area contributed by atoms with E-state index in [1.807, 2.05) is 30.3 Å². The van der Waals surface area contributed by atoms with E-state index < -0.39 is 0 Å². The third kappa shape index (κ3) is 2.69. The summed E-state index contributed by atoms with van der Waals surface area (Å²) in [4.78, 5) is 4.41. The smallest absolute Gasteiger partial charge is 0.231 e. The molecule has 2 N–H and O–H groups in total. The molecule has 0 radical (unpaired) electrons. The number of nitrogens with zero attached hydrogens (tertiary/aromatic N) is 2. The van der Waals surface area contributed by atoms with Gasteiger partial charge < -0.3 is 10.3 Å². The van der Waals surface area contributed by atoms with E-state index in [9.17, 15) is 0 Å². The zero-order chi connectivity index (χ0) is 13.9. The van der Waals surface area contributed by atoms with Gasteiger partial charge in [0.15, 0.2) is 0 Å². The second-order valence-corrected chi connectivity index (χ2v) is 4.80. The average Bonchev–Trinajstić information content (AvgIpc) is 2.87. The van der Waals surface area contributed by atoms with Gasteiger partial charge in [-0.3, -0.25) is 0 Å². The molecule has 4 heteroatoms. The van der Waals surface area contributed by atoms with Crippen LogP contribution in [0, 0.1) is 6.92 Å². The quantitative estimate of drug-likeness (QED) is 0.738. The first-order chi connectivity index (χ1) is 9.70. The van der Waals surface area contributed by atoms with Crippen molar-refractivity contribution in [2.45, 2.75) is 13.3 Å². The van der Waals surface area contributed by atoms with Crippen LogP contribution >= 0.6 is 0 Å². The number of nitrogens with two attached hydrogens (primary N) is 1. The minimum Gasteiger partial charge on any atom is -0.399 e. The Morgan fingerprint density at radius 1 is 1.10 bits per heavy atom. The maximum absolute atomic E-state index is 5.76. The molecule has 2 aromatic carbocycles. The van der Waals surface area contributed by atoms with Gasteiger partial charge in [0.05, 0.1) is 6.42 Å². The van der Waals surface area contributed by atoms with Gasteiger partial charge in [-0.1, -0.05) is 47.1 Å². The third-order valence-electron chi connectivity index (χ3n) is 3.05. The normalized spacial score (nSPS) is 10.7. The molecule has 3 aromatic rings. The number of anilines is 1. The lowest BCUT2D eigenvalue weighted by Crippen LogP contribution is -1.90. The molecule has 0 aliphatic heterocycles. The molecule has 0 unspecified atom stereocenters. The number of hydrogen-bond donors (Lipinski definition) is 1. The summed E-state index contributed by atoms with van der Waals surface area (Å²) in [5.41, 5.74) is 9.69. The van der Waals surface area contributed by atoms with E-state index in [4.69, 9.17) is 10.3 Å². The number of hydrogen-bond acceptors (Lipinski definition) is 4. The number of aryl methyl sites for hydroxylation is 1. The molecule has 0 bridgehead atoms. The molecule has 0 spiro atoms. The highest BCUT2D eigenvalue weighted by Gasteiger charge is 2.09. The number of benzene rings is 2. The van der Waals surface area contributed by atoms with E-state index in [0.717, 1.165) is 11.1 Å². The fourth-order valence-electron chi connectivity index (χ4n) is 2.12. The van der Waals surface area contributed by atoms with Gasteiger partial charge in [-0.25, -0.2) is 0 Å². The second-order valence-electron chi connectivity index (χ2n) is 4.80. The Bertz CT molecular complexity index is 734. The van der Waals surface area contributed by atoms with Crippen LogP contribution in [0.1, 0.15) is 17.0 Å². The van der Waals surface area contributed by atoms with Gasteiger partial charge in [-0.15, -0.1) is 0 Å². The van der Waals surface area contributed by atoms with Gasteiger partial charge in [0, 0.05) is 11.3 Å². The van der Waals surface area contributed by atoms with Crippen LogP contribution in [-0.4, -0.2) is 10.1 Å². The molecule has 3 rings (SSSR count). The van der Waals surface area contributed by atoms with Crippen molar-refractivity contribution in [2.75, 3.05) is 5.73 Å². The average molecular weight is 265 g/mol. The largest absolute Gasteiger partial charge is 0.399 e. The zero-order valence-electron chi connectivity index (χ0n) is 11.2. The van der Waals surface area contributed by atoms with Crippen LogP contribution in [0.25, 0.3) is 11.4 Å². The van der Waals surface area contributed by atoms with Gasteiger partial charge >= 0.3 is 0 Å². The molecule has 0 aliphatic rings. The lowest BCUT2D eigenvalue weighted by atomic mass is 10.1. The Morgan fingerprint density at radius 3 is 2.75 bits per heavy atom. The summed E-state index contributed by atoms with van der Waals surface area (Å²) in [5.74, 6) is 1.17. The minimum absolute atomic E-state index is 0.569. The van der Waals surface area contributed by atoms with Crippen molar-refractivity contribution in [3.8, 4) is 11.4 Å². The van der Waals surface area contributed by atoms with Crippen LogP contribution in [0.4, 0.5) is 5.69 Å². The maximum Gasteiger partial charge on any atom is 0.231 e. The Morgan fingerprint density at radius 2 is 1.95 bits per heavy atom. The number of nitrogen functional groups attached to an aromatic ring is 1. The topological polar surface area (TPSA) is 64.9 Å². The van der Waals surface area contributed by atoms with E-state index in [1.54, 1.807) is 0 Å². The molecular formula is C16H15N3O. The van der Waals surface area contributed by atoms with Crippen LogP contribution in [0.3, 0.4) is 0 Å². The summed E-state index contributed by atoms with van der Waals surface area (Å²) < 4.78 is 5.30. The van der Waals surface area contributed by atoms with E-state index in [-0.39, 0.29) is 0 Å². The molecule has 0 saturated heterocycles. The molecule has 0 fully saturated rings. The monoisotopic (exact) mass is 265 g/mol. The first-order valence-corrected chi connectivity index (χ1v) is 6.45. The predicted octanol–water partition coefficient (Wildman–Crippen LogP) is 3.22. The van der Waals surface area contributed by atoms with E-state index in [2.05, 4.69) is 35.3 Å². The molecule has 0 amide bonds. The second kappa shape index (κ2) is 5.17. The molecular weight excluding hydrogens is 250 g/mol. The van der Waals surface area contributed by atoms with Gasteiger partial charge in [0.25, 0.3) is 0 Å². The maximum atomic E-state index is 5.76. The molecule has 1 aromatic heterocycles. The fourth-order valence-corrected chi connectivity index (χ4v) is 2.12. The van der Waals surface area contributed by atoms with Crippen LogP contribution < -0.4 is 5.73 Å². The molecule has 0 saturated carbocycles. The molecule has 1 heterocycles. The molecule has 100 valence electrons. The van der Waals surface area contributed by atoms with Gasteiger partial charge in [0.1, 0.15) is 0 Å². The summed E-state index contributed by atoms with van der Waals surface area (Å²) in [7, 11) is 0. The zero-order valence-corrected chi connectivity index (χ0v) is 11.2. The molecule has 0 atom stereocenters. The van der Waals surface area contributed by atoms with Crippen molar-refractivity contribution in [1.29, 1.82) is 0 Å². The number of aromatic nitrogens is 2. The third-order valence-corrected chi connectivity index (χ3v) is 3.05. The van der Waals surface area contributed by atoms with Gasteiger partial charge in [-0.2, -0.15) is 4.98 Å². The van der Waals surface area contributed by atoms with Crippen LogP contribution in [0.15, 0.2) is 53.1 Å². The summed E-state index contributed by atoms with van der Waals surface area (Å²) in [6.45, 7) is 2.06. The Hall–Kier alpha value is -2.62. The van der Waals surface area contributed by atoms with E-state index in [1.165, 1.54) is 5.56 Å². The van der Waals surface area contributed by atoms with Crippen LogP contribution in [-0.2, 0) is 6.42 Å².